The lowest BCUT2D eigenvalue weighted by Gasteiger charge is -2.34. The molecule has 0 aliphatic carbocycles. The first-order valence-corrected chi connectivity index (χ1v) is 9.69. The zero-order valence-corrected chi connectivity index (χ0v) is 16.7. The van der Waals surface area contributed by atoms with Gasteiger partial charge in [-0.3, -0.25) is 14.4 Å². The highest BCUT2D eigenvalue weighted by Gasteiger charge is 2.25. The standard InChI is InChI=1S/C22H26N4O3/c1-16(22(29)26-14-12-25(2)13-15-26)23-21(28)18-10-6-7-11-19(18)24-20(27)17-8-4-3-5-9-17/h3-11,16H,12-15H2,1-2H3,(H,23,28)(H,24,27)/t16-/m1/s1. The number of carbonyl (C=O) groups is 3. The summed E-state index contributed by atoms with van der Waals surface area (Å²) in [6.07, 6.45) is 0. The Bertz CT molecular complexity index is 877. The molecule has 3 amide bonds. The van der Waals surface area contributed by atoms with Gasteiger partial charge in [0, 0.05) is 31.7 Å². The van der Waals surface area contributed by atoms with Crippen LogP contribution in [-0.2, 0) is 4.79 Å². The van der Waals surface area contributed by atoms with Crippen molar-refractivity contribution < 1.29 is 14.4 Å². The second-order valence-corrected chi connectivity index (χ2v) is 7.19. The molecule has 0 unspecified atom stereocenters. The fourth-order valence-electron chi connectivity index (χ4n) is 3.21. The van der Waals surface area contributed by atoms with E-state index < -0.39 is 11.9 Å². The topological polar surface area (TPSA) is 81.8 Å². The molecule has 0 radical (unpaired) electrons. The minimum absolute atomic E-state index is 0.0998. The molecule has 152 valence electrons. The van der Waals surface area contributed by atoms with E-state index in [4.69, 9.17) is 0 Å². The summed E-state index contributed by atoms with van der Waals surface area (Å²) in [6, 6.07) is 14.9. The second kappa shape index (κ2) is 9.34. The van der Waals surface area contributed by atoms with Crippen molar-refractivity contribution in [2.45, 2.75) is 13.0 Å². The predicted molar refractivity (Wildman–Crippen MR) is 112 cm³/mol. The Morgan fingerprint density at radius 3 is 2.17 bits per heavy atom. The molecule has 1 atom stereocenters. The van der Waals surface area contributed by atoms with Crippen molar-refractivity contribution >= 4 is 23.4 Å². The van der Waals surface area contributed by atoms with Crippen LogP contribution in [0, 0.1) is 0 Å². The summed E-state index contributed by atoms with van der Waals surface area (Å²) >= 11 is 0. The van der Waals surface area contributed by atoms with Gasteiger partial charge in [-0.2, -0.15) is 0 Å². The molecule has 0 aromatic heterocycles. The van der Waals surface area contributed by atoms with Gasteiger partial charge < -0.3 is 20.4 Å². The van der Waals surface area contributed by atoms with Gasteiger partial charge >= 0.3 is 0 Å². The maximum absolute atomic E-state index is 12.8. The van der Waals surface area contributed by atoms with E-state index in [1.807, 2.05) is 13.1 Å². The van der Waals surface area contributed by atoms with E-state index >= 15 is 0 Å². The number of rotatable bonds is 5. The summed E-state index contributed by atoms with van der Waals surface area (Å²) < 4.78 is 0. The highest BCUT2D eigenvalue weighted by Crippen LogP contribution is 2.17. The predicted octanol–water partition coefficient (Wildman–Crippen LogP) is 1.83. The first kappa shape index (κ1) is 20.5. The van der Waals surface area contributed by atoms with E-state index in [0.29, 0.717) is 29.9 Å². The van der Waals surface area contributed by atoms with Crippen molar-refractivity contribution in [1.82, 2.24) is 15.1 Å². The average Bonchev–Trinajstić information content (AvgIpc) is 2.74. The lowest BCUT2D eigenvalue weighted by atomic mass is 10.1. The molecule has 1 fully saturated rings. The number of carbonyl (C=O) groups excluding carboxylic acids is 3. The van der Waals surface area contributed by atoms with Gasteiger partial charge in [-0.1, -0.05) is 30.3 Å². The molecule has 1 aliphatic heterocycles. The van der Waals surface area contributed by atoms with Crippen molar-refractivity contribution in [2.24, 2.45) is 0 Å². The van der Waals surface area contributed by atoms with Crippen molar-refractivity contribution in [3.8, 4) is 0 Å². The quantitative estimate of drug-likeness (QED) is 0.811. The Hall–Kier alpha value is -3.19. The van der Waals surface area contributed by atoms with E-state index in [0.717, 1.165) is 13.1 Å². The third kappa shape index (κ3) is 5.20. The van der Waals surface area contributed by atoms with Crippen LogP contribution < -0.4 is 10.6 Å². The largest absolute Gasteiger partial charge is 0.340 e. The normalized spacial score (nSPS) is 15.4. The third-order valence-electron chi connectivity index (χ3n) is 4.99. The zero-order valence-electron chi connectivity index (χ0n) is 16.7. The van der Waals surface area contributed by atoms with Crippen LogP contribution in [0.3, 0.4) is 0 Å². The van der Waals surface area contributed by atoms with Crippen LogP contribution in [-0.4, -0.2) is 66.8 Å². The monoisotopic (exact) mass is 394 g/mol. The molecule has 3 rings (SSSR count). The van der Waals surface area contributed by atoms with Gasteiger partial charge in [-0.15, -0.1) is 0 Å². The fourth-order valence-corrected chi connectivity index (χ4v) is 3.21. The van der Waals surface area contributed by atoms with Crippen LogP contribution in [0.15, 0.2) is 54.6 Å². The third-order valence-corrected chi connectivity index (χ3v) is 4.99. The number of benzene rings is 2. The molecular formula is C22H26N4O3. The minimum Gasteiger partial charge on any atom is -0.340 e. The smallest absolute Gasteiger partial charge is 0.255 e. The Kier molecular flexibility index (Phi) is 6.61. The van der Waals surface area contributed by atoms with E-state index in [1.54, 1.807) is 60.4 Å². The fraction of sp³-hybridized carbons (Fsp3) is 0.318. The van der Waals surface area contributed by atoms with E-state index in [2.05, 4.69) is 15.5 Å². The van der Waals surface area contributed by atoms with Gasteiger partial charge in [0.1, 0.15) is 6.04 Å². The number of anilines is 1. The number of likely N-dealkylation sites (N-methyl/N-ethyl adjacent to an activating group) is 1. The van der Waals surface area contributed by atoms with Gasteiger partial charge in [0.05, 0.1) is 11.3 Å². The van der Waals surface area contributed by atoms with Crippen LogP contribution in [0.2, 0.25) is 0 Å². The number of amides is 3. The molecule has 1 heterocycles. The number of nitrogens with one attached hydrogen (secondary N) is 2. The SMILES string of the molecule is C[C@@H](NC(=O)c1ccccc1NC(=O)c1ccccc1)C(=O)N1CCN(C)CC1. The van der Waals surface area contributed by atoms with Gasteiger partial charge in [0.2, 0.25) is 5.91 Å². The number of hydrogen-bond donors (Lipinski definition) is 2. The lowest BCUT2D eigenvalue weighted by Crippen LogP contribution is -2.53. The second-order valence-electron chi connectivity index (χ2n) is 7.19. The summed E-state index contributed by atoms with van der Waals surface area (Å²) in [5.74, 6) is -0.798. The maximum atomic E-state index is 12.8. The molecule has 1 aliphatic rings. The van der Waals surface area contributed by atoms with Crippen LogP contribution >= 0.6 is 0 Å². The highest BCUT2D eigenvalue weighted by molar-refractivity contribution is 6.09. The van der Waals surface area contributed by atoms with Crippen LogP contribution in [0.4, 0.5) is 5.69 Å². The maximum Gasteiger partial charge on any atom is 0.255 e. The van der Waals surface area contributed by atoms with Crippen molar-refractivity contribution in [1.29, 1.82) is 0 Å². The molecule has 7 heteroatoms. The summed E-state index contributed by atoms with van der Waals surface area (Å²) in [5.41, 5.74) is 1.22. The number of nitrogens with zero attached hydrogens (tertiary/aromatic N) is 2. The van der Waals surface area contributed by atoms with Crippen molar-refractivity contribution in [3.05, 3.63) is 65.7 Å². The van der Waals surface area contributed by atoms with Gasteiger partial charge in [0.15, 0.2) is 0 Å². The number of para-hydroxylation sites is 1. The molecule has 2 N–H and O–H groups in total. The van der Waals surface area contributed by atoms with E-state index in [-0.39, 0.29) is 11.8 Å². The Balaban J connectivity index is 1.66. The number of hydrogen-bond acceptors (Lipinski definition) is 4. The van der Waals surface area contributed by atoms with Crippen LogP contribution in [0.25, 0.3) is 0 Å². The summed E-state index contributed by atoms with van der Waals surface area (Å²) in [4.78, 5) is 41.8. The summed E-state index contributed by atoms with van der Waals surface area (Å²) in [5, 5.41) is 5.54. The molecule has 2 aromatic rings. The van der Waals surface area contributed by atoms with Gasteiger partial charge in [0.25, 0.3) is 11.8 Å². The van der Waals surface area contributed by atoms with E-state index in [1.165, 1.54) is 0 Å². The van der Waals surface area contributed by atoms with Crippen LogP contribution in [0.5, 0.6) is 0 Å². The lowest BCUT2D eigenvalue weighted by molar-refractivity contribution is -0.134. The molecule has 29 heavy (non-hydrogen) atoms. The molecule has 0 spiro atoms. The van der Waals surface area contributed by atoms with Gasteiger partial charge in [-0.05, 0) is 38.2 Å². The average molecular weight is 394 g/mol. The first-order valence-electron chi connectivity index (χ1n) is 9.69. The summed E-state index contributed by atoms with van der Waals surface area (Å²) in [6.45, 7) is 4.63. The highest BCUT2D eigenvalue weighted by atomic mass is 16.2. The minimum atomic E-state index is -0.649. The molecular weight excluding hydrogens is 368 g/mol. The Morgan fingerprint density at radius 1 is 0.862 bits per heavy atom. The van der Waals surface area contributed by atoms with E-state index in [9.17, 15) is 14.4 Å². The van der Waals surface area contributed by atoms with Gasteiger partial charge in [-0.25, -0.2) is 0 Å². The molecule has 0 bridgehead atoms. The summed E-state index contributed by atoms with van der Waals surface area (Å²) in [7, 11) is 2.02. The first-order chi connectivity index (χ1) is 14.0. The molecule has 2 aromatic carbocycles. The Morgan fingerprint density at radius 2 is 1.48 bits per heavy atom. The van der Waals surface area contributed by atoms with Crippen LogP contribution in [0.1, 0.15) is 27.6 Å². The Labute approximate surface area is 170 Å². The van der Waals surface area contributed by atoms with Crippen molar-refractivity contribution in [3.63, 3.8) is 0 Å². The molecule has 7 nitrogen and oxygen atoms in total. The number of piperazine rings is 1. The molecule has 0 saturated carbocycles. The van der Waals surface area contributed by atoms with Crippen molar-refractivity contribution in [2.75, 3.05) is 38.5 Å². The zero-order chi connectivity index (χ0) is 20.8. The molecule has 1 saturated heterocycles.